The van der Waals surface area contributed by atoms with Crippen LogP contribution in [-0.4, -0.2) is 42.8 Å². The van der Waals surface area contributed by atoms with Crippen LogP contribution in [0.4, 0.5) is 13.2 Å². The monoisotopic (exact) mass is 242 g/mol. The number of carboxylic acids is 1. The summed E-state index contributed by atoms with van der Waals surface area (Å²) in [5.74, 6) is -2.46. The van der Waals surface area contributed by atoms with Crippen molar-refractivity contribution in [2.24, 2.45) is 5.92 Å². The van der Waals surface area contributed by atoms with Crippen LogP contribution in [0.5, 0.6) is 0 Å². The van der Waals surface area contributed by atoms with Gasteiger partial charge in [-0.15, -0.1) is 0 Å². The van der Waals surface area contributed by atoms with Crippen LogP contribution in [-0.2, 0) is 9.59 Å². The highest BCUT2D eigenvalue weighted by molar-refractivity contribution is 5.78. The van der Waals surface area contributed by atoms with E-state index in [1.54, 1.807) is 0 Å². The third-order valence-electron chi connectivity index (χ3n) is 1.74. The third kappa shape index (κ3) is 6.23. The second-order valence-corrected chi connectivity index (χ2v) is 3.20. The molecule has 16 heavy (non-hydrogen) atoms. The van der Waals surface area contributed by atoms with Crippen LogP contribution < -0.4 is 10.6 Å². The van der Waals surface area contributed by atoms with Crippen molar-refractivity contribution in [1.29, 1.82) is 0 Å². The molecule has 0 aromatic heterocycles. The van der Waals surface area contributed by atoms with Gasteiger partial charge in [0.05, 0.1) is 0 Å². The Morgan fingerprint density at radius 1 is 1.44 bits per heavy atom. The molecule has 1 heterocycles. The summed E-state index contributed by atoms with van der Waals surface area (Å²) >= 11 is 0. The summed E-state index contributed by atoms with van der Waals surface area (Å²) in [5.41, 5.74) is 0. The van der Waals surface area contributed by atoms with Gasteiger partial charge in [-0.2, -0.15) is 13.2 Å². The average molecular weight is 242 g/mol. The van der Waals surface area contributed by atoms with Gasteiger partial charge in [0, 0.05) is 25.6 Å². The molecule has 0 aromatic rings. The molecule has 1 aliphatic heterocycles. The van der Waals surface area contributed by atoms with Gasteiger partial charge in [0.15, 0.2) is 0 Å². The number of hydrogen-bond acceptors (Lipinski definition) is 3. The molecule has 8 heteroatoms. The molecule has 1 unspecified atom stereocenters. The molecule has 0 aromatic carbocycles. The van der Waals surface area contributed by atoms with E-state index in [-0.39, 0.29) is 11.8 Å². The van der Waals surface area contributed by atoms with Crippen molar-refractivity contribution in [2.45, 2.75) is 13.1 Å². The van der Waals surface area contributed by atoms with Gasteiger partial charge < -0.3 is 15.7 Å². The van der Waals surface area contributed by atoms with Crippen molar-refractivity contribution >= 4 is 11.9 Å². The number of alkyl halides is 3. The normalized spacial score (nSPS) is 21.2. The molecule has 1 rings (SSSR count). The predicted octanol–water partition coefficient (Wildman–Crippen LogP) is -0.0248. The van der Waals surface area contributed by atoms with Crippen LogP contribution in [0.25, 0.3) is 0 Å². The topological polar surface area (TPSA) is 78.4 Å². The zero-order valence-corrected chi connectivity index (χ0v) is 8.60. The SMILES string of the molecule is CC1CNCCNC1=O.O=C(O)C(F)(F)F. The molecule has 1 aliphatic rings. The van der Waals surface area contributed by atoms with Crippen molar-refractivity contribution < 1.29 is 27.9 Å². The van der Waals surface area contributed by atoms with E-state index in [1.807, 2.05) is 6.92 Å². The van der Waals surface area contributed by atoms with E-state index in [0.717, 1.165) is 19.6 Å². The number of carbonyl (C=O) groups is 2. The molecule has 0 spiro atoms. The molecule has 1 atom stereocenters. The molecule has 0 saturated carbocycles. The maximum Gasteiger partial charge on any atom is 0.490 e. The largest absolute Gasteiger partial charge is 0.490 e. The fraction of sp³-hybridized carbons (Fsp3) is 0.750. The van der Waals surface area contributed by atoms with Crippen molar-refractivity contribution in [2.75, 3.05) is 19.6 Å². The first-order valence-corrected chi connectivity index (χ1v) is 4.53. The van der Waals surface area contributed by atoms with Gasteiger partial charge in [0.25, 0.3) is 0 Å². The lowest BCUT2D eigenvalue weighted by molar-refractivity contribution is -0.192. The summed E-state index contributed by atoms with van der Waals surface area (Å²) in [6.07, 6.45) is -5.08. The molecular formula is C8H13F3N2O3. The molecule has 3 N–H and O–H groups in total. The minimum Gasteiger partial charge on any atom is -0.475 e. The highest BCUT2D eigenvalue weighted by atomic mass is 19.4. The van der Waals surface area contributed by atoms with E-state index in [0.29, 0.717) is 0 Å². The number of halogens is 3. The zero-order chi connectivity index (χ0) is 12.8. The van der Waals surface area contributed by atoms with Crippen molar-refractivity contribution in [1.82, 2.24) is 10.6 Å². The lowest BCUT2D eigenvalue weighted by atomic mass is 10.2. The molecule has 0 bridgehead atoms. The van der Waals surface area contributed by atoms with Crippen LogP contribution in [0, 0.1) is 5.92 Å². The van der Waals surface area contributed by atoms with Gasteiger partial charge in [-0.1, -0.05) is 6.92 Å². The first-order valence-electron chi connectivity index (χ1n) is 4.53. The maximum absolute atomic E-state index is 10.9. The van der Waals surface area contributed by atoms with Crippen LogP contribution in [0.1, 0.15) is 6.92 Å². The second kappa shape index (κ2) is 6.31. The summed E-state index contributed by atoms with van der Waals surface area (Å²) < 4.78 is 31.7. The number of amides is 1. The van der Waals surface area contributed by atoms with Gasteiger partial charge in [0.2, 0.25) is 5.91 Å². The molecular weight excluding hydrogens is 229 g/mol. The van der Waals surface area contributed by atoms with E-state index in [1.165, 1.54) is 0 Å². The van der Waals surface area contributed by atoms with Crippen molar-refractivity contribution in [3.63, 3.8) is 0 Å². The Balaban J connectivity index is 0.000000293. The fourth-order valence-corrected chi connectivity index (χ4v) is 0.860. The molecule has 1 amide bonds. The lowest BCUT2D eigenvalue weighted by Crippen LogP contribution is -2.28. The van der Waals surface area contributed by atoms with E-state index in [2.05, 4.69) is 10.6 Å². The minimum atomic E-state index is -5.08. The molecule has 0 radical (unpaired) electrons. The Kier molecular flexibility index (Phi) is 5.79. The van der Waals surface area contributed by atoms with E-state index in [9.17, 15) is 18.0 Å². The van der Waals surface area contributed by atoms with Gasteiger partial charge in [0.1, 0.15) is 0 Å². The molecule has 1 fully saturated rings. The van der Waals surface area contributed by atoms with Gasteiger partial charge >= 0.3 is 12.1 Å². The number of nitrogens with one attached hydrogen (secondary N) is 2. The minimum absolute atomic E-state index is 0.132. The zero-order valence-electron chi connectivity index (χ0n) is 8.60. The average Bonchev–Trinajstić information content (AvgIpc) is 2.32. The van der Waals surface area contributed by atoms with Gasteiger partial charge in [-0.05, 0) is 0 Å². The predicted molar refractivity (Wildman–Crippen MR) is 48.7 cm³/mol. The quantitative estimate of drug-likeness (QED) is 0.557. The number of carboxylic acid groups (broad SMARTS) is 1. The van der Waals surface area contributed by atoms with Crippen LogP contribution in [0.3, 0.4) is 0 Å². The molecule has 1 saturated heterocycles. The standard InChI is InChI=1S/C6H12N2O.C2HF3O2/c1-5-4-7-2-3-8-6(5)9;3-2(4,5)1(6)7/h5,7H,2-4H2,1H3,(H,8,9);(H,6,7). The number of carbonyl (C=O) groups excluding carboxylic acids is 1. The Labute approximate surface area is 90.0 Å². The highest BCUT2D eigenvalue weighted by Gasteiger charge is 2.38. The van der Waals surface area contributed by atoms with Gasteiger partial charge in [-0.25, -0.2) is 4.79 Å². The van der Waals surface area contributed by atoms with E-state index in [4.69, 9.17) is 9.90 Å². The Hall–Kier alpha value is -1.31. The summed E-state index contributed by atoms with van der Waals surface area (Å²) in [6.45, 7) is 4.40. The highest BCUT2D eigenvalue weighted by Crippen LogP contribution is 2.13. The van der Waals surface area contributed by atoms with E-state index >= 15 is 0 Å². The Morgan fingerprint density at radius 3 is 2.38 bits per heavy atom. The summed E-state index contributed by atoms with van der Waals surface area (Å²) in [4.78, 5) is 19.8. The second-order valence-electron chi connectivity index (χ2n) is 3.20. The summed E-state index contributed by atoms with van der Waals surface area (Å²) in [6, 6.07) is 0. The van der Waals surface area contributed by atoms with Crippen LogP contribution >= 0.6 is 0 Å². The third-order valence-corrected chi connectivity index (χ3v) is 1.74. The molecule has 0 aliphatic carbocycles. The maximum atomic E-state index is 10.9. The summed E-state index contributed by atoms with van der Waals surface area (Å²) in [7, 11) is 0. The first kappa shape index (κ1) is 14.7. The molecule has 94 valence electrons. The smallest absolute Gasteiger partial charge is 0.475 e. The number of hydrogen-bond donors (Lipinski definition) is 3. The molecule has 5 nitrogen and oxygen atoms in total. The van der Waals surface area contributed by atoms with Gasteiger partial charge in [-0.3, -0.25) is 4.79 Å². The van der Waals surface area contributed by atoms with Crippen molar-refractivity contribution in [3.8, 4) is 0 Å². The number of rotatable bonds is 0. The fourth-order valence-electron chi connectivity index (χ4n) is 0.860. The Bertz CT molecular complexity index is 255. The van der Waals surface area contributed by atoms with Crippen LogP contribution in [0.2, 0.25) is 0 Å². The summed E-state index contributed by atoms with van der Waals surface area (Å²) in [5, 5.41) is 13.1. The van der Waals surface area contributed by atoms with Crippen LogP contribution in [0.15, 0.2) is 0 Å². The Morgan fingerprint density at radius 2 is 1.94 bits per heavy atom. The number of aliphatic carboxylic acids is 1. The van der Waals surface area contributed by atoms with E-state index < -0.39 is 12.1 Å². The first-order chi connectivity index (χ1) is 7.25. The van der Waals surface area contributed by atoms with Crippen molar-refractivity contribution in [3.05, 3.63) is 0 Å². The lowest BCUT2D eigenvalue weighted by Gasteiger charge is -2.03.